The molecule has 9 heteroatoms. The van der Waals surface area contributed by atoms with Gasteiger partial charge in [-0.2, -0.15) is 4.98 Å². The molecule has 2 aromatic heterocycles. The van der Waals surface area contributed by atoms with Crippen LogP contribution in [0.1, 0.15) is 63.2 Å². The fourth-order valence-electron chi connectivity index (χ4n) is 6.04. The van der Waals surface area contributed by atoms with Gasteiger partial charge in [-0.15, -0.1) is 0 Å². The fourth-order valence-corrected chi connectivity index (χ4v) is 6.22. The van der Waals surface area contributed by atoms with Crippen LogP contribution in [0.15, 0.2) is 10.6 Å². The minimum absolute atomic E-state index is 0.105. The highest BCUT2D eigenvalue weighted by atomic mass is 35.5. The summed E-state index contributed by atoms with van der Waals surface area (Å²) in [4.78, 5) is 24.2. The van der Waals surface area contributed by atoms with Crippen molar-refractivity contribution < 1.29 is 18.8 Å². The lowest BCUT2D eigenvalue weighted by atomic mass is 9.64. The van der Waals surface area contributed by atoms with Crippen LogP contribution in [0.25, 0.3) is 11.5 Å². The van der Waals surface area contributed by atoms with Gasteiger partial charge in [0.15, 0.2) is 17.3 Å². The van der Waals surface area contributed by atoms with E-state index < -0.39 is 5.41 Å². The topological polar surface area (TPSA) is 90.6 Å². The third-order valence-electron chi connectivity index (χ3n) is 7.67. The van der Waals surface area contributed by atoms with Crippen molar-refractivity contribution >= 4 is 17.4 Å². The lowest BCUT2D eigenvalue weighted by molar-refractivity contribution is -0.128. The van der Waals surface area contributed by atoms with Crippen molar-refractivity contribution in [3.05, 3.63) is 22.5 Å². The van der Waals surface area contributed by atoms with Crippen LogP contribution in [0.5, 0.6) is 5.88 Å². The molecule has 1 spiro atoms. The minimum Gasteiger partial charge on any atom is -0.473 e. The first-order valence-electron chi connectivity index (χ1n) is 11.9. The molecule has 0 amide bonds. The second-order valence-corrected chi connectivity index (χ2v) is 10.0. The monoisotopic (exact) mass is 474 g/mol. The third kappa shape index (κ3) is 3.96. The number of rotatable bonds is 5. The van der Waals surface area contributed by atoms with Crippen LogP contribution < -0.4 is 4.74 Å². The molecule has 0 N–H and O–H groups in total. The molecule has 4 atom stereocenters. The Balaban J connectivity index is 1.45. The summed E-state index contributed by atoms with van der Waals surface area (Å²) in [6.45, 7) is 2.98. The smallest absolute Gasteiger partial charge is 0.218 e. The largest absolute Gasteiger partial charge is 0.473 e. The Labute approximate surface area is 199 Å². The van der Waals surface area contributed by atoms with Gasteiger partial charge in [-0.3, -0.25) is 9.69 Å². The Bertz CT molecular complexity index is 1040. The number of carbonyl (C=O) groups excluding carboxylic acids is 1. The molecule has 0 bridgehead atoms. The highest BCUT2D eigenvalue weighted by Gasteiger charge is 2.48. The maximum atomic E-state index is 12.9. The van der Waals surface area contributed by atoms with Crippen molar-refractivity contribution in [1.82, 2.24) is 20.0 Å². The third-order valence-corrected chi connectivity index (χ3v) is 7.87. The van der Waals surface area contributed by atoms with Gasteiger partial charge in [-0.05, 0) is 52.5 Å². The van der Waals surface area contributed by atoms with Gasteiger partial charge in [-0.25, -0.2) is 4.98 Å². The number of halogens is 1. The van der Waals surface area contributed by atoms with Gasteiger partial charge >= 0.3 is 0 Å². The first kappa shape index (κ1) is 22.7. The molecule has 0 radical (unpaired) electrons. The Morgan fingerprint density at radius 3 is 2.85 bits per heavy atom. The Kier molecular flexibility index (Phi) is 6.18. The van der Waals surface area contributed by atoms with Gasteiger partial charge in [0.25, 0.3) is 0 Å². The standard InChI is InChI=1S/C24H31ClN4O4/c1-14(21-16(31-3)9-12-29(21)2)32-19-13-18(25)26-23(27-19)20-15-7-6-11-24(22(15)33-28-20)10-5-4-8-17(24)30/h13-14,16,21H,4-12H2,1-3H3/t14-,16-,21+,24+/m0/s1. The number of aromatic nitrogens is 3. The summed E-state index contributed by atoms with van der Waals surface area (Å²) >= 11 is 6.36. The maximum Gasteiger partial charge on any atom is 0.218 e. The van der Waals surface area contributed by atoms with Crippen molar-refractivity contribution in [3.63, 3.8) is 0 Å². The van der Waals surface area contributed by atoms with E-state index in [0.29, 0.717) is 29.6 Å². The van der Waals surface area contributed by atoms with E-state index in [9.17, 15) is 4.79 Å². The molecule has 33 heavy (non-hydrogen) atoms. The SMILES string of the molecule is CO[C@H]1CCN(C)[C@@H]1[C@H](C)Oc1cc(Cl)nc(-c2noc3c2CCC[C@@]32CCCCC2=O)n1. The molecule has 8 nitrogen and oxygen atoms in total. The summed E-state index contributed by atoms with van der Waals surface area (Å²) in [7, 11) is 3.81. The summed E-state index contributed by atoms with van der Waals surface area (Å²) in [6.07, 6.45) is 6.86. The molecule has 1 saturated carbocycles. The Hall–Kier alpha value is -2.03. The summed E-state index contributed by atoms with van der Waals surface area (Å²) in [5.41, 5.74) is 0.967. The van der Waals surface area contributed by atoms with Crippen molar-refractivity contribution in [2.24, 2.45) is 0 Å². The number of ketones is 1. The number of hydrogen-bond acceptors (Lipinski definition) is 8. The fraction of sp³-hybridized carbons (Fsp3) is 0.667. The second kappa shape index (κ2) is 8.96. The zero-order valence-electron chi connectivity index (χ0n) is 19.5. The lowest BCUT2D eigenvalue weighted by Crippen LogP contribution is -2.44. The molecule has 2 fully saturated rings. The van der Waals surface area contributed by atoms with Gasteiger partial charge in [0, 0.05) is 31.7 Å². The van der Waals surface area contributed by atoms with Crippen LogP contribution in [-0.2, 0) is 21.4 Å². The van der Waals surface area contributed by atoms with Gasteiger partial charge < -0.3 is 14.0 Å². The van der Waals surface area contributed by atoms with Gasteiger partial charge in [0.1, 0.15) is 17.0 Å². The van der Waals surface area contributed by atoms with Crippen LogP contribution in [0.2, 0.25) is 5.15 Å². The molecular formula is C24H31ClN4O4. The van der Waals surface area contributed by atoms with E-state index in [1.54, 1.807) is 13.2 Å². The second-order valence-electron chi connectivity index (χ2n) is 9.61. The first-order chi connectivity index (χ1) is 15.9. The van der Waals surface area contributed by atoms with Crippen LogP contribution in [0.3, 0.4) is 0 Å². The number of nitrogens with zero attached hydrogens (tertiary/aromatic N) is 4. The number of carbonyl (C=O) groups is 1. The highest BCUT2D eigenvalue weighted by Crippen LogP contribution is 2.47. The molecule has 0 unspecified atom stereocenters. The predicted molar refractivity (Wildman–Crippen MR) is 123 cm³/mol. The molecule has 2 aliphatic carbocycles. The molecule has 1 saturated heterocycles. The summed E-state index contributed by atoms with van der Waals surface area (Å²) in [6, 6.07) is 1.74. The Morgan fingerprint density at radius 1 is 1.24 bits per heavy atom. The normalized spacial score (nSPS) is 28.8. The molecule has 3 heterocycles. The molecule has 0 aromatic carbocycles. The van der Waals surface area contributed by atoms with E-state index >= 15 is 0 Å². The summed E-state index contributed by atoms with van der Waals surface area (Å²) < 4.78 is 17.7. The molecule has 3 aliphatic rings. The van der Waals surface area contributed by atoms with Crippen LogP contribution >= 0.6 is 11.6 Å². The predicted octanol–water partition coefficient (Wildman–Crippen LogP) is 3.99. The minimum atomic E-state index is -0.536. The van der Waals surface area contributed by atoms with Crippen molar-refractivity contribution in [2.45, 2.75) is 82.0 Å². The average Bonchev–Trinajstić information content (AvgIpc) is 3.39. The number of methoxy groups -OCH3 is 1. The maximum absolute atomic E-state index is 12.9. The number of hydrogen-bond donors (Lipinski definition) is 0. The zero-order valence-corrected chi connectivity index (χ0v) is 20.2. The first-order valence-corrected chi connectivity index (χ1v) is 12.3. The van der Waals surface area contributed by atoms with Gasteiger partial charge in [-0.1, -0.05) is 23.2 Å². The molecular weight excluding hydrogens is 444 g/mol. The van der Waals surface area contributed by atoms with Crippen LogP contribution in [0.4, 0.5) is 0 Å². The van der Waals surface area contributed by atoms with Crippen molar-refractivity contribution in [3.8, 4) is 17.4 Å². The van der Waals surface area contributed by atoms with Crippen molar-refractivity contribution in [1.29, 1.82) is 0 Å². The average molecular weight is 475 g/mol. The van der Waals surface area contributed by atoms with E-state index in [4.69, 9.17) is 25.6 Å². The van der Waals surface area contributed by atoms with E-state index in [2.05, 4.69) is 27.1 Å². The Morgan fingerprint density at radius 2 is 2.06 bits per heavy atom. The molecule has 5 rings (SSSR count). The van der Waals surface area contributed by atoms with E-state index in [-0.39, 0.29) is 29.2 Å². The summed E-state index contributed by atoms with van der Waals surface area (Å²) in [5, 5.41) is 4.61. The van der Waals surface area contributed by atoms with Gasteiger partial charge in [0.05, 0.1) is 17.6 Å². The number of likely N-dealkylation sites (tertiary alicyclic amines) is 1. The highest BCUT2D eigenvalue weighted by molar-refractivity contribution is 6.29. The molecule has 178 valence electrons. The van der Waals surface area contributed by atoms with E-state index in [1.165, 1.54) is 0 Å². The van der Waals surface area contributed by atoms with E-state index in [0.717, 1.165) is 57.1 Å². The van der Waals surface area contributed by atoms with Gasteiger partial charge in [0.2, 0.25) is 5.88 Å². The molecule has 1 aliphatic heterocycles. The number of Topliss-reactive ketones (excluding diaryl/α,β-unsaturated/α-hetero) is 1. The summed E-state index contributed by atoms with van der Waals surface area (Å²) in [5.74, 6) is 1.75. The quantitative estimate of drug-likeness (QED) is 0.601. The van der Waals surface area contributed by atoms with Crippen LogP contribution in [0, 0.1) is 0 Å². The van der Waals surface area contributed by atoms with Crippen molar-refractivity contribution in [2.75, 3.05) is 20.7 Å². The lowest BCUT2D eigenvalue weighted by Gasteiger charge is -2.36. The molecule has 2 aromatic rings. The van der Waals surface area contributed by atoms with Crippen LogP contribution in [-0.4, -0.2) is 64.8 Å². The van der Waals surface area contributed by atoms with E-state index in [1.807, 2.05) is 6.92 Å². The number of likely N-dealkylation sites (N-methyl/N-ethyl adjacent to an activating group) is 1. The zero-order chi connectivity index (χ0) is 23.2. The number of ether oxygens (including phenoxy) is 2. The number of fused-ring (bicyclic) bond motifs is 2.